The van der Waals surface area contributed by atoms with Crippen molar-refractivity contribution >= 4 is 17.3 Å². The van der Waals surface area contributed by atoms with Crippen LogP contribution in [0, 0.1) is 6.92 Å². The Hall–Kier alpha value is -3.48. The summed E-state index contributed by atoms with van der Waals surface area (Å²) in [7, 11) is 0. The largest absolute Gasteiger partial charge is 0.508 e. The van der Waals surface area contributed by atoms with Crippen molar-refractivity contribution in [2.45, 2.75) is 13.1 Å². The van der Waals surface area contributed by atoms with Crippen LogP contribution in [0.25, 0.3) is 0 Å². The fourth-order valence-corrected chi connectivity index (χ4v) is 2.93. The van der Waals surface area contributed by atoms with Gasteiger partial charge in [-0.15, -0.1) is 0 Å². The van der Waals surface area contributed by atoms with Gasteiger partial charge < -0.3 is 10.2 Å². The lowest BCUT2D eigenvalue weighted by Gasteiger charge is -2.25. The summed E-state index contributed by atoms with van der Waals surface area (Å²) in [6, 6.07) is 14.8. The van der Waals surface area contributed by atoms with E-state index in [1.54, 1.807) is 0 Å². The summed E-state index contributed by atoms with van der Waals surface area (Å²) >= 11 is 0. The Morgan fingerprint density at radius 1 is 0.821 bits per heavy atom. The van der Waals surface area contributed by atoms with Gasteiger partial charge in [0.25, 0.3) is 5.91 Å². The highest BCUT2D eigenvalue weighted by atomic mass is 19.4. The van der Waals surface area contributed by atoms with E-state index < -0.39 is 23.2 Å². The maximum atomic E-state index is 13.6. The Kier molecular flexibility index (Phi) is 5.00. The van der Waals surface area contributed by atoms with Crippen LogP contribution in [-0.2, 0) is 6.18 Å². The molecule has 0 saturated heterocycles. The predicted octanol–water partition coefficient (Wildman–Crippen LogP) is 5.40. The standard InChI is InChI=1S/C21H16F3NO3/c1-13-3-2-4-18(19(13)21(22,23)24)20(28)25(14-5-9-16(26)10-6-14)15-7-11-17(27)12-8-15/h2-12,26-27H,1H3. The molecule has 4 nitrogen and oxygen atoms in total. The van der Waals surface area contributed by atoms with E-state index in [-0.39, 0.29) is 28.4 Å². The second-order valence-electron chi connectivity index (χ2n) is 6.17. The lowest BCUT2D eigenvalue weighted by atomic mass is 9.99. The summed E-state index contributed by atoms with van der Waals surface area (Å²) in [5.74, 6) is -0.978. The molecule has 0 aliphatic heterocycles. The zero-order valence-corrected chi connectivity index (χ0v) is 14.7. The number of anilines is 2. The highest BCUT2D eigenvalue weighted by Crippen LogP contribution is 2.37. The van der Waals surface area contributed by atoms with Crippen LogP contribution in [0.15, 0.2) is 66.7 Å². The molecule has 3 rings (SSSR count). The van der Waals surface area contributed by atoms with Gasteiger partial charge in [0.15, 0.2) is 0 Å². The molecule has 0 fully saturated rings. The number of halogens is 3. The number of aryl methyl sites for hydroxylation is 1. The van der Waals surface area contributed by atoms with Gasteiger partial charge in [0.2, 0.25) is 0 Å². The van der Waals surface area contributed by atoms with Crippen molar-refractivity contribution in [2.75, 3.05) is 4.90 Å². The van der Waals surface area contributed by atoms with E-state index in [9.17, 15) is 28.2 Å². The van der Waals surface area contributed by atoms with Crippen LogP contribution in [0.4, 0.5) is 24.5 Å². The van der Waals surface area contributed by atoms with Crippen molar-refractivity contribution in [3.05, 3.63) is 83.4 Å². The molecule has 144 valence electrons. The summed E-state index contributed by atoms with van der Waals surface area (Å²) < 4.78 is 40.8. The molecule has 0 atom stereocenters. The van der Waals surface area contributed by atoms with E-state index in [0.717, 1.165) is 11.0 Å². The average molecular weight is 387 g/mol. The molecule has 0 heterocycles. The molecule has 0 unspecified atom stereocenters. The summed E-state index contributed by atoms with van der Waals surface area (Å²) in [6.45, 7) is 1.30. The number of rotatable bonds is 3. The Balaban J connectivity index is 2.19. The summed E-state index contributed by atoms with van der Waals surface area (Å²) in [6.07, 6.45) is -4.70. The highest BCUT2D eigenvalue weighted by molar-refractivity contribution is 6.12. The number of hydrogen-bond donors (Lipinski definition) is 2. The lowest BCUT2D eigenvalue weighted by Crippen LogP contribution is -2.28. The van der Waals surface area contributed by atoms with Crippen molar-refractivity contribution in [2.24, 2.45) is 0 Å². The molecule has 0 aromatic heterocycles. The zero-order valence-electron chi connectivity index (χ0n) is 14.7. The van der Waals surface area contributed by atoms with Gasteiger partial charge in [0.1, 0.15) is 11.5 Å². The fourth-order valence-electron chi connectivity index (χ4n) is 2.93. The SMILES string of the molecule is Cc1cccc(C(=O)N(c2ccc(O)cc2)c2ccc(O)cc2)c1C(F)(F)F. The van der Waals surface area contributed by atoms with Crippen LogP contribution in [-0.4, -0.2) is 16.1 Å². The Bertz CT molecular complexity index is 951. The van der Waals surface area contributed by atoms with Gasteiger partial charge in [-0.3, -0.25) is 9.69 Å². The number of nitrogens with zero attached hydrogens (tertiary/aromatic N) is 1. The van der Waals surface area contributed by atoms with E-state index in [4.69, 9.17) is 0 Å². The molecule has 3 aromatic rings. The van der Waals surface area contributed by atoms with Crippen molar-refractivity contribution in [1.82, 2.24) is 0 Å². The van der Waals surface area contributed by atoms with Crippen LogP contribution in [0.3, 0.4) is 0 Å². The van der Waals surface area contributed by atoms with Gasteiger partial charge in [-0.2, -0.15) is 13.2 Å². The number of amides is 1. The topological polar surface area (TPSA) is 60.8 Å². The van der Waals surface area contributed by atoms with Gasteiger partial charge in [0, 0.05) is 11.4 Å². The Morgan fingerprint density at radius 3 is 1.71 bits per heavy atom. The Morgan fingerprint density at radius 2 is 1.29 bits per heavy atom. The molecule has 7 heteroatoms. The minimum atomic E-state index is -4.70. The number of phenolic OH excluding ortho intramolecular Hbond substituents is 2. The normalized spacial score (nSPS) is 11.3. The van der Waals surface area contributed by atoms with Crippen LogP contribution < -0.4 is 4.90 Å². The number of carbonyl (C=O) groups is 1. The number of aromatic hydroxyl groups is 2. The predicted molar refractivity (Wildman–Crippen MR) is 98.9 cm³/mol. The van der Waals surface area contributed by atoms with Crippen molar-refractivity contribution in [1.29, 1.82) is 0 Å². The number of benzene rings is 3. The highest BCUT2D eigenvalue weighted by Gasteiger charge is 2.38. The smallest absolute Gasteiger partial charge is 0.417 e. The van der Waals surface area contributed by atoms with Crippen molar-refractivity contribution in [3.63, 3.8) is 0 Å². The van der Waals surface area contributed by atoms with E-state index in [1.165, 1.54) is 67.6 Å². The van der Waals surface area contributed by atoms with E-state index in [0.29, 0.717) is 0 Å². The van der Waals surface area contributed by atoms with E-state index >= 15 is 0 Å². The molecular weight excluding hydrogens is 371 g/mol. The molecule has 0 saturated carbocycles. The first kappa shape index (κ1) is 19.3. The molecule has 0 spiro atoms. The molecule has 0 aliphatic carbocycles. The molecule has 0 aliphatic rings. The van der Waals surface area contributed by atoms with Crippen molar-refractivity contribution < 1.29 is 28.2 Å². The van der Waals surface area contributed by atoms with Crippen LogP contribution in [0.5, 0.6) is 11.5 Å². The van der Waals surface area contributed by atoms with Gasteiger partial charge in [0.05, 0.1) is 11.1 Å². The first-order chi connectivity index (χ1) is 13.2. The third-order valence-electron chi connectivity index (χ3n) is 4.21. The van der Waals surface area contributed by atoms with Crippen LogP contribution in [0.1, 0.15) is 21.5 Å². The van der Waals surface area contributed by atoms with E-state index in [2.05, 4.69) is 0 Å². The summed E-state index contributed by atoms with van der Waals surface area (Å²) in [4.78, 5) is 14.3. The van der Waals surface area contributed by atoms with Gasteiger partial charge in [-0.1, -0.05) is 12.1 Å². The number of carbonyl (C=O) groups excluding carboxylic acids is 1. The minimum absolute atomic E-state index is 0.0478. The molecule has 3 aromatic carbocycles. The molecule has 28 heavy (non-hydrogen) atoms. The fraction of sp³-hybridized carbons (Fsp3) is 0.0952. The number of hydrogen-bond acceptors (Lipinski definition) is 3. The van der Waals surface area contributed by atoms with E-state index in [1.807, 2.05) is 0 Å². The third-order valence-corrected chi connectivity index (χ3v) is 4.21. The Labute approximate surface area is 159 Å². The van der Waals surface area contributed by atoms with Crippen molar-refractivity contribution in [3.8, 4) is 11.5 Å². The second-order valence-corrected chi connectivity index (χ2v) is 6.17. The third kappa shape index (κ3) is 3.78. The number of phenols is 2. The molecule has 0 radical (unpaired) electrons. The minimum Gasteiger partial charge on any atom is -0.508 e. The van der Waals surface area contributed by atoms with Gasteiger partial charge in [-0.25, -0.2) is 0 Å². The zero-order chi connectivity index (χ0) is 20.5. The lowest BCUT2D eigenvalue weighted by molar-refractivity contribution is -0.138. The molecular formula is C21H16F3NO3. The van der Waals surface area contributed by atoms with Crippen LogP contribution >= 0.6 is 0 Å². The second kappa shape index (κ2) is 7.26. The molecule has 2 N–H and O–H groups in total. The number of alkyl halides is 3. The first-order valence-corrected chi connectivity index (χ1v) is 8.28. The van der Waals surface area contributed by atoms with Gasteiger partial charge >= 0.3 is 6.18 Å². The first-order valence-electron chi connectivity index (χ1n) is 8.28. The maximum absolute atomic E-state index is 13.6. The summed E-state index contributed by atoms with van der Waals surface area (Å²) in [5, 5.41) is 19.0. The summed E-state index contributed by atoms with van der Waals surface area (Å²) in [5.41, 5.74) is -1.02. The maximum Gasteiger partial charge on any atom is 0.417 e. The molecule has 0 bridgehead atoms. The van der Waals surface area contributed by atoms with Gasteiger partial charge in [-0.05, 0) is 67.1 Å². The average Bonchev–Trinajstić information content (AvgIpc) is 2.63. The molecule has 1 amide bonds. The van der Waals surface area contributed by atoms with Crippen LogP contribution in [0.2, 0.25) is 0 Å². The quantitative estimate of drug-likeness (QED) is 0.632. The monoisotopic (exact) mass is 387 g/mol.